The Kier molecular flexibility index (Phi) is 4.61. The minimum absolute atomic E-state index is 0.433. The van der Waals surface area contributed by atoms with Crippen LogP contribution in [-0.4, -0.2) is 16.0 Å². The minimum atomic E-state index is 0.433. The molecule has 2 N–H and O–H groups in total. The molecule has 0 bridgehead atoms. The number of aromatic amines is 1. The quantitative estimate of drug-likeness (QED) is 0.878. The molecule has 0 unspecified atom stereocenters. The Bertz CT molecular complexity index is 570. The Morgan fingerprint density at radius 2 is 2.32 bits per heavy atom. The number of nitrogens with one attached hydrogen (secondary N) is 2. The highest BCUT2D eigenvalue weighted by Crippen LogP contribution is 2.28. The lowest BCUT2D eigenvalue weighted by atomic mass is 10.1. The fourth-order valence-corrected chi connectivity index (χ4v) is 2.40. The van der Waals surface area contributed by atoms with Crippen molar-refractivity contribution in [1.82, 2.24) is 15.3 Å². The van der Waals surface area contributed by atoms with Gasteiger partial charge in [0, 0.05) is 29.9 Å². The number of H-pyrrole nitrogens is 1. The van der Waals surface area contributed by atoms with Gasteiger partial charge in [-0.15, -0.1) is 0 Å². The lowest BCUT2D eigenvalue weighted by Crippen LogP contribution is -2.21. The predicted octanol–water partition coefficient (Wildman–Crippen LogP) is 2.93. The number of aromatic nitrogens is 2. The molecule has 0 radical (unpaired) electrons. The van der Waals surface area contributed by atoms with Crippen LogP contribution in [0.4, 0.5) is 0 Å². The van der Waals surface area contributed by atoms with Gasteiger partial charge in [-0.3, -0.25) is 0 Å². The van der Waals surface area contributed by atoms with Crippen LogP contribution >= 0.6 is 11.8 Å². The summed E-state index contributed by atoms with van der Waals surface area (Å²) in [4.78, 5) is 8.10. The van der Waals surface area contributed by atoms with Crippen LogP contribution in [0.25, 0.3) is 0 Å². The first-order valence-corrected chi connectivity index (χ1v) is 6.94. The first-order chi connectivity index (χ1) is 9.19. The summed E-state index contributed by atoms with van der Waals surface area (Å²) in [6, 6.07) is 8.63. The van der Waals surface area contributed by atoms with Crippen LogP contribution in [0.3, 0.4) is 0 Å². The van der Waals surface area contributed by atoms with Gasteiger partial charge in [-0.2, -0.15) is 5.26 Å². The number of nitriles is 1. The molecule has 98 valence electrons. The molecule has 0 saturated carbocycles. The number of hydrogen-bond donors (Lipinski definition) is 2. The molecule has 0 amide bonds. The summed E-state index contributed by atoms with van der Waals surface area (Å²) in [5.74, 6) is 0. The van der Waals surface area contributed by atoms with Crippen molar-refractivity contribution in [2.75, 3.05) is 0 Å². The molecule has 0 aliphatic carbocycles. The number of rotatable bonds is 5. The summed E-state index contributed by atoms with van der Waals surface area (Å²) < 4.78 is 0. The number of benzene rings is 1. The fraction of sp³-hybridized carbons (Fsp3) is 0.286. The van der Waals surface area contributed by atoms with Crippen molar-refractivity contribution >= 4 is 11.8 Å². The molecule has 0 aliphatic heterocycles. The highest BCUT2D eigenvalue weighted by molar-refractivity contribution is 7.99. The van der Waals surface area contributed by atoms with E-state index in [1.54, 1.807) is 12.4 Å². The Morgan fingerprint density at radius 1 is 1.47 bits per heavy atom. The molecule has 0 atom stereocenters. The first kappa shape index (κ1) is 13.7. The molecule has 2 rings (SSSR count). The van der Waals surface area contributed by atoms with E-state index in [1.165, 1.54) is 11.8 Å². The van der Waals surface area contributed by atoms with Crippen molar-refractivity contribution in [3.63, 3.8) is 0 Å². The van der Waals surface area contributed by atoms with Crippen molar-refractivity contribution in [3.05, 3.63) is 41.7 Å². The molecule has 2 aromatic rings. The highest BCUT2D eigenvalue weighted by atomic mass is 32.2. The van der Waals surface area contributed by atoms with Crippen LogP contribution in [-0.2, 0) is 6.54 Å². The summed E-state index contributed by atoms with van der Waals surface area (Å²) in [6.45, 7) is 4.98. The van der Waals surface area contributed by atoms with E-state index in [-0.39, 0.29) is 0 Å². The van der Waals surface area contributed by atoms with Gasteiger partial charge in [0.05, 0.1) is 5.56 Å². The third-order valence-electron chi connectivity index (χ3n) is 2.56. The molecule has 0 fully saturated rings. The third kappa shape index (κ3) is 3.85. The van der Waals surface area contributed by atoms with Gasteiger partial charge in [-0.25, -0.2) is 4.98 Å². The summed E-state index contributed by atoms with van der Waals surface area (Å²) in [5.41, 5.74) is 1.80. The Morgan fingerprint density at radius 3 is 2.95 bits per heavy atom. The van der Waals surface area contributed by atoms with Crippen molar-refractivity contribution in [2.45, 2.75) is 36.5 Å². The van der Waals surface area contributed by atoms with Crippen LogP contribution in [0.1, 0.15) is 25.0 Å². The molecule has 0 aliphatic rings. The molecule has 0 spiro atoms. The maximum Gasteiger partial charge on any atom is 0.170 e. The second-order valence-corrected chi connectivity index (χ2v) is 5.50. The summed E-state index contributed by atoms with van der Waals surface area (Å²) in [6.07, 6.45) is 3.48. The van der Waals surface area contributed by atoms with Crippen molar-refractivity contribution < 1.29 is 0 Å². The maximum atomic E-state index is 9.23. The largest absolute Gasteiger partial charge is 0.339 e. The van der Waals surface area contributed by atoms with E-state index in [9.17, 15) is 5.26 Å². The van der Waals surface area contributed by atoms with Crippen LogP contribution in [0.5, 0.6) is 0 Å². The predicted molar refractivity (Wildman–Crippen MR) is 75.8 cm³/mol. The third-order valence-corrected chi connectivity index (χ3v) is 3.55. The van der Waals surface area contributed by atoms with Crippen LogP contribution < -0.4 is 5.32 Å². The molecule has 4 nitrogen and oxygen atoms in total. The van der Waals surface area contributed by atoms with Gasteiger partial charge >= 0.3 is 0 Å². The molecule has 1 aromatic heterocycles. The van der Waals surface area contributed by atoms with Gasteiger partial charge in [0.1, 0.15) is 6.07 Å². The smallest absolute Gasteiger partial charge is 0.170 e. The normalized spacial score (nSPS) is 10.6. The topological polar surface area (TPSA) is 64.5 Å². The van der Waals surface area contributed by atoms with E-state index >= 15 is 0 Å². The molecule has 0 saturated heterocycles. The number of hydrogen-bond acceptors (Lipinski definition) is 4. The van der Waals surface area contributed by atoms with Crippen molar-refractivity contribution in [2.24, 2.45) is 0 Å². The average Bonchev–Trinajstić information content (AvgIpc) is 2.90. The molecular formula is C14H16N4S. The second-order valence-electron chi connectivity index (χ2n) is 4.47. The van der Waals surface area contributed by atoms with Crippen LogP contribution in [0, 0.1) is 11.3 Å². The summed E-state index contributed by atoms with van der Waals surface area (Å²) in [7, 11) is 0. The summed E-state index contributed by atoms with van der Waals surface area (Å²) >= 11 is 1.47. The average molecular weight is 272 g/mol. The van der Waals surface area contributed by atoms with Crippen molar-refractivity contribution in [3.8, 4) is 6.07 Å². The minimum Gasteiger partial charge on any atom is -0.339 e. The molecular weight excluding hydrogens is 256 g/mol. The first-order valence-electron chi connectivity index (χ1n) is 6.12. The molecule has 19 heavy (non-hydrogen) atoms. The van der Waals surface area contributed by atoms with Gasteiger partial charge in [-0.05, 0) is 17.7 Å². The maximum absolute atomic E-state index is 9.23. The second kappa shape index (κ2) is 6.41. The monoisotopic (exact) mass is 272 g/mol. The molecule has 5 heteroatoms. The lowest BCUT2D eigenvalue weighted by molar-refractivity contribution is 0.588. The van der Waals surface area contributed by atoms with Gasteiger partial charge in [-0.1, -0.05) is 31.7 Å². The fourth-order valence-electron chi connectivity index (χ4n) is 1.60. The SMILES string of the molecule is CC(C)NCc1ccc(Sc2ncc[nH]2)c(C#N)c1. The van der Waals surface area contributed by atoms with Crippen LogP contribution in [0.2, 0.25) is 0 Å². The zero-order valence-electron chi connectivity index (χ0n) is 11.0. The van der Waals surface area contributed by atoms with E-state index in [2.05, 4.69) is 35.2 Å². The standard InChI is InChI=1S/C14H16N4S/c1-10(2)18-9-11-3-4-13(12(7-11)8-15)19-14-16-5-6-17-14/h3-7,10,18H,9H2,1-2H3,(H,16,17). The Labute approximate surface area is 117 Å². The van der Waals surface area contributed by atoms with Gasteiger partial charge < -0.3 is 10.3 Å². The zero-order valence-corrected chi connectivity index (χ0v) is 11.8. The number of imidazole rings is 1. The van der Waals surface area contributed by atoms with Crippen LogP contribution in [0.15, 0.2) is 40.6 Å². The Hall–Kier alpha value is -1.77. The van der Waals surface area contributed by atoms with E-state index in [1.807, 2.05) is 18.2 Å². The molecule has 1 heterocycles. The highest BCUT2D eigenvalue weighted by Gasteiger charge is 2.07. The zero-order chi connectivity index (χ0) is 13.7. The van der Waals surface area contributed by atoms with E-state index in [4.69, 9.17) is 0 Å². The van der Waals surface area contributed by atoms with E-state index in [0.717, 1.165) is 22.2 Å². The van der Waals surface area contributed by atoms with E-state index < -0.39 is 0 Å². The Balaban J connectivity index is 2.15. The van der Waals surface area contributed by atoms with Gasteiger partial charge in [0.25, 0.3) is 0 Å². The lowest BCUT2D eigenvalue weighted by Gasteiger charge is -2.09. The number of nitrogens with zero attached hydrogens (tertiary/aromatic N) is 2. The van der Waals surface area contributed by atoms with E-state index in [0.29, 0.717) is 11.6 Å². The molecule has 1 aromatic carbocycles. The van der Waals surface area contributed by atoms with Crippen molar-refractivity contribution in [1.29, 1.82) is 5.26 Å². The summed E-state index contributed by atoms with van der Waals surface area (Å²) in [5, 5.41) is 13.4. The van der Waals surface area contributed by atoms with Gasteiger partial charge in [0.2, 0.25) is 0 Å². The van der Waals surface area contributed by atoms with Gasteiger partial charge in [0.15, 0.2) is 5.16 Å².